The molecule has 1 aromatic carbocycles. The molecule has 1 saturated heterocycles. The molecule has 2 amide bonds. The van der Waals surface area contributed by atoms with Crippen LogP contribution in [0.15, 0.2) is 30.3 Å². The number of hydrogen-bond donors (Lipinski definition) is 3. The van der Waals surface area contributed by atoms with Crippen molar-refractivity contribution >= 4 is 23.7 Å². The Kier molecular flexibility index (Phi) is 4.66. The van der Waals surface area contributed by atoms with Crippen LogP contribution in [0.4, 0.5) is 5.82 Å². The van der Waals surface area contributed by atoms with Gasteiger partial charge in [0.1, 0.15) is 5.82 Å². The van der Waals surface area contributed by atoms with E-state index in [0.29, 0.717) is 17.3 Å². The Balaban J connectivity index is 1.29. The molecule has 5 rings (SSSR count). The van der Waals surface area contributed by atoms with Crippen molar-refractivity contribution in [3.8, 4) is 11.5 Å². The Morgan fingerprint density at radius 2 is 2.13 bits per heavy atom. The van der Waals surface area contributed by atoms with Crippen LogP contribution < -0.4 is 25.4 Å². The summed E-state index contributed by atoms with van der Waals surface area (Å²) < 4.78 is 12.3. The van der Waals surface area contributed by atoms with E-state index in [1.807, 2.05) is 25.1 Å². The maximum absolute atomic E-state index is 12.5. The lowest BCUT2D eigenvalue weighted by molar-refractivity contribution is -0.130. The number of fused-ring (bicyclic) bond motifs is 2. The van der Waals surface area contributed by atoms with Crippen molar-refractivity contribution in [1.82, 2.24) is 20.4 Å². The van der Waals surface area contributed by atoms with Gasteiger partial charge in [0.25, 0.3) is 0 Å². The molecule has 1 aromatic heterocycles. The lowest BCUT2D eigenvalue weighted by Gasteiger charge is -2.34. The summed E-state index contributed by atoms with van der Waals surface area (Å²) in [5.74, 6) is 1.63. The lowest BCUT2D eigenvalue weighted by Crippen LogP contribution is -2.57. The van der Waals surface area contributed by atoms with Gasteiger partial charge in [0.05, 0.1) is 11.6 Å². The zero-order valence-corrected chi connectivity index (χ0v) is 16.6. The molecule has 0 spiro atoms. The van der Waals surface area contributed by atoms with Crippen molar-refractivity contribution < 1.29 is 19.1 Å². The van der Waals surface area contributed by atoms with Crippen LogP contribution in [0.5, 0.6) is 11.5 Å². The molecule has 0 bridgehead atoms. The lowest BCUT2D eigenvalue weighted by atomic mass is 10.0. The number of carbonyl (C=O) groups is 2. The van der Waals surface area contributed by atoms with E-state index in [1.165, 1.54) is 6.08 Å². The van der Waals surface area contributed by atoms with Crippen LogP contribution in [-0.4, -0.2) is 34.4 Å². The fourth-order valence-corrected chi connectivity index (χ4v) is 4.25. The van der Waals surface area contributed by atoms with Crippen LogP contribution in [-0.2, 0) is 9.59 Å². The highest BCUT2D eigenvalue weighted by molar-refractivity contribution is 6.01. The molecule has 3 N–H and O–H groups in total. The summed E-state index contributed by atoms with van der Waals surface area (Å²) in [6.45, 7) is 2.05. The molecule has 2 aliphatic heterocycles. The topological polar surface area (TPSA) is 107 Å². The number of amides is 2. The maximum Gasteiger partial charge on any atom is 0.249 e. The SMILES string of the molecule is Cc1cc(NC(=O)/C=C/c2ccc3c(c2)OCO3)n(C2NC(=O)C3CCCC3N2)n1. The molecule has 30 heavy (non-hydrogen) atoms. The first-order valence-corrected chi connectivity index (χ1v) is 10.1. The van der Waals surface area contributed by atoms with Gasteiger partial charge in [-0.2, -0.15) is 5.10 Å². The largest absolute Gasteiger partial charge is 0.454 e. The van der Waals surface area contributed by atoms with Crippen LogP contribution in [0, 0.1) is 12.8 Å². The van der Waals surface area contributed by atoms with Crippen molar-refractivity contribution in [2.45, 2.75) is 38.5 Å². The quantitative estimate of drug-likeness (QED) is 0.666. The van der Waals surface area contributed by atoms with Crippen molar-refractivity contribution in [1.29, 1.82) is 0 Å². The number of aryl methyl sites for hydroxylation is 1. The van der Waals surface area contributed by atoms with Crippen LogP contribution >= 0.6 is 0 Å². The molecule has 9 nitrogen and oxygen atoms in total. The molecular weight excluding hydrogens is 386 g/mol. The van der Waals surface area contributed by atoms with Crippen LogP contribution in [0.2, 0.25) is 0 Å². The Bertz CT molecular complexity index is 1030. The summed E-state index contributed by atoms with van der Waals surface area (Å²) in [7, 11) is 0. The van der Waals surface area contributed by atoms with Gasteiger partial charge in [-0.1, -0.05) is 12.5 Å². The summed E-state index contributed by atoms with van der Waals surface area (Å²) in [5, 5.41) is 13.7. The smallest absolute Gasteiger partial charge is 0.249 e. The highest BCUT2D eigenvalue weighted by atomic mass is 16.7. The van der Waals surface area contributed by atoms with Crippen molar-refractivity contribution in [2.75, 3.05) is 12.1 Å². The first-order chi connectivity index (χ1) is 14.6. The van der Waals surface area contributed by atoms with Crippen molar-refractivity contribution in [2.24, 2.45) is 5.92 Å². The van der Waals surface area contributed by atoms with E-state index in [-0.39, 0.29) is 30.6 Å². The molecule has 3 aliphatic rings. The monoisotopic (exact) mass is 409 g/mol. The fourth-order valence-electron chi connectivity index (χ4n) is 4.25. The number of hydrogen-bond acceptors (Lipinski definition) is 6. The second kappa shape index (κ2) is 7.49. The van der Waals surface area contributed by atoms with E-state index in [1.54, 1.807) is 16.8 Å². The number of aromatic nitrogens is 2. The number of nitrogens with one attached hydrogen (secondary N) is 3. The first kappa shape index (κ1) is 18.7. The minimum Gasteiger partial charge on any atom is -0.454 e. The summed E-state index contributed by atoms with van der Waals surface area (Å²) >= 11 is 0. The van der Waals surface area contributed by atoms with Gasteiger partial charge in [0.15, 0.2) is 17.8 Å². The Morgan fingerprint density at radius 1 is 1.27 bits per heavy atom. The van der Waals surface area contributed by atoms with E-state index in [2.05, 4.69) is 21.0 Å². The number of carbonyl (C=O) groups excluding carboxylic acids is 2. The highest BCUT2D eigenvalue weighted by Gasteiger charge is 2.40. The third-order valence-electron chi connectivity index (χ3n) is 5.68. The Morgan fingerprint density at radius 3 is 3.03 bits per heavy atom. The van der Waals surface area contributed by atoms with E-state index in [4.69, 9.17) is 9.47 Å². The average Bonchev–Trinajstić information content (AvgIpc) is 3.45. The minimum absolute atomic E-state index is 0.0144. The third-order valence-corrected chi connectivity index (χ3v) is 5.68. The van der Waals surface area contributed by atoms with Crippen LogP contribution in [0.1, 0.15) is 36.8 Å². The number of benzene rings is 1. The van der Waals surface area contributed by atoms with Gasteiger partial charge in [-0.15, -0.1) is 0 Å². The van der Waals surface area contributed by atoms with E-state index < -0.39 is 6.29 Å². The third kappa shape index (κ3) is 3.52. The molecular formula is C21H23N5O4. The van der Waals surface area contributed by atoms with Gasteiger partial charge in [-0.05, 0) is 43.5 Å². The zero-order chi connectivity index (χ0) is 20.7. The Labute approximate surface area is 173 Å². The van der Waals surface area contributed by atoms with Gasteiger partial charge in [-0.25, -0.2) is 4.68 Å². The molecule has 0 radical (unpaired) electrons. The minimum atomic E-state index is -0.487. The maximum atomic E-state index is 12.5. The van der Waals surface area contributed by atoms with E-state index >= 15 is 0 Å². The zero-order valence-electron chi connectivity index (χ0n) is 16.6. The molecule has 1 saturated carbocycles. The van der Waals surface area contributed by atoms with Crippen LogP contribution in [0.25, 0.3) is 6.08 Å². The van der Waals surface area contributed by atoms with Crippen LogP contribution in [0.3, 0.4) is 0 Å². The summed E-state index contributed by atoms with van der Waals surface area (Å²) in [6.07, 6.45) is 5.57. The number of anilines is 1. The van der Waals surface area contributed by atoms with E-state index in [0.717, 1.165) is 30.5 Å². The standard InChI is InChI=1S/C21H23N5O4/c1-12-9-18(26(25-12)21-22-15-4-2-3-14(15)20(28)24-21)23-19(27)8-6-13-5-7-16-17(10-13)30-11-29-16/h5-10,14-15,21-22H,2-4,11H2,1H3,(H,23,27)(H,24,28)/b8-6+. The number of rotatable bonds is 4. The van der Waals surface area contributed by atoms with Gasteiger partial charge in [-0.3, -0.25) is 14.9 Å². The molecule has 2 fully saturated rings. The van der Waals surface area contributed by atoms with Crippen molar-refractivity contribution in [3.63, 3.8) is 0 Å². The molecule has 156 valence electrons. The molecule has 3 atom stereocenters. The molecule has 1 aliphatic carbocycles. The second-order valence-electron chi connectivity index (χ2n) is 7.77. The first-order valence-electron chi connectivity index (χ1n) is 10.1. The molecule has 2 aromatic rings. The van der Waals surface area contributed by atoms with Gasteiger partial charge < -0.3 is 20.1 Å². The van der Waals surface area contributed by atoms with E-state index in [9.17, 15) is 9.59 Å². The summed E-state index contributed by atoms with van der Waals surface area (Å²) in [4.78, 5) is 24.9. The number of ether oxygens (including phenoxy) is 2. The van der Waals surface area contributed by atoms with Gasteiger partial charge in [0.2, 0.25) is 18.6 Å². The highest BCUT2D eigenvalue weighted by Crippen LogP contribution is 2.33. The second-order valence-corrected chi connectivity index (χ2v) is 7.77. The summed E-state index contributed by atoms with van der Waals surface area (Å²) in [5.41, 5.74) is 1.57. The molecule has 3 heterocycles. The molecule has 3 unspecified atom stereocenters. The van der Waals surface area contributed by atoms with Crippen molar-refractivity contribution in [3.05, 3.63) is 41.6 Å². The predicted molar refractivity (Wildman–Crippen MR) is 109 cm³/mol. The molecule has 9 heteroatoms. The fraction of sp³-hybridized carbons (Fsp3) is 0.381. The average molecular weight is 409 g/mol. The van der Waals surface area contributed by atoms with Gasteiger partial charge >= 0.3 is 0 Å². The number of nitrogens with zero attached hydrogens (tertiary/aromatic N) is 2. The predicted octanol–water partition coefficient (Wildman–Crippen LogP) is 1.92. The van der Waals surface area contributed by atoms with Gasteiger partial charge in [0, 0.05) is 18.2 Å². The Hall–Kier alpha value is -3.33. The summed E-state index contributed by atoms with van der Waals surface area (Å²) in [6, 6.07) is 7.40. The normalized spacial score (nSPS) is 24.7.